The van der Waals surface area contributed by atoms with Gasteiger partial charge in [-0.2, -0.15) is 4.98 Å². The van der Waals surface area contributed by atoms with Crippen molar-refractivity contribution in [3.05, 3.63) is 34.3 Å². The molecule has 1 aromatic carbocycles. The smallest absolute Gasteiger partial charge is 0.258 e. The van der Waals surface area contributed by atoms with Crippen molar-refractivity contribution >= 4 is 15.9 Å². The number of nitrogens with zero attached hydrogens (tertiary/aromatic N) is 2. The lowest BCUT2D eigenvalue weighted by Gasteiger charge is -1.98. The molecular weight excluding hydrogens is 291 g/mol. The lowest BCUT2D eigenvalue weighted by molar-refractivity contribution is 0.159. The highest BCUT2D eigenvalue weighted by molar-refractivity contribution is 9.10. The summed E-state index contributed by atoms with van der Waals surface area (Å²) in [5.74, 6) is 0.000693. The van der Waals surface area contributed by atoms with Crippen LogP contribution in [0.15, 0.2) is 27.2 Å². The number of hydrogen-bond acceptors (Lipinski definition) is 4. The summed E-state index contributed by atoms with van der Waals surface area (Å²) in [4.78, 5) is 4.02. The van der Waals surface area contributed by atoms with E-state index in [0.29, 0.717) is 16.5 Å². The summed E-state index contributed by atoms with van der Waals surface area (Å²) < 4.78 is 18.7. The number of halogens is 2. The Labute approximate surface area is 106 Å². The van der Waals surface area contributed by atoms with Gasteiger partial charge in [-0.05, 0) is 24.6 Å². The molecule has 17 heavy (non-hydrogen) atoms. The third kappa shape index (κ3) is 2.70. The Morgan fingerprint density at radius 2 is 2.24 bits per heavy atom. The standard InChI is InChI=1S/C11H10BrFN2O2/c1-2-9(16)10-14-11(17-15-10)6-3-7(12)5-8(13)4-6/h3-5,9,16H,2H2,1H3. The molecule has 0 saturated carbocycles. The van der Waals surface area contributed by atoms with Crippen LogP contribution in [0.2, 0.25) is 0 Å². The fourth-order valence-electron chi connectivity index (χ4n) is 1.35. The minimum Gasteiger partial charge on any atom is -0.385 e. The Bertz CT molecular complexity index is 510. The van der Waals surface area contributed by atoms with Crippen LogP contribution in [0, 0.1) is 5.82 Å². The van der Waals surface area contributed by atoms with Crippen LogP contribution in [-0.2, 0) is 0 Å². The van der Waals surface area contributed by atoms with E-state index in [1.807, 2.05) is 0 Å². The molecule has 0 fully saturated rings. The maximum absolute atomic E-state index is 13.2. The van der Waals surface area contributed by atoms with E-state index >= 15 is 0 Å². The number of aliphatic hydroxyl groups excluding tert-OH is 1. The maximum Gasteiger partial charge on any atom is 0.258 e. The molecule has 90 valence electrons. The summed E-state index contributed by atoms with van der Waals surface area (Å²) in [6.45, 7) is 1.81. The van der Waals surface area contributed by atoms with Gasteiger partial charge in [0.05, 0.1) is 0 Å². The molecular formula is C11H10BrFN2O2. The molecule has 6 heteroatoms. The highest BCUT2D eigenvalue weighted by Crippen LogP contribution is 2.24. The highest BCUT2D eigenvalue weighted by Gasteiger charge is 2.15. The van der Waals surface area contributed by atoms with Gasteiger partial charge in [0.15, 0.2) is 0 Å². The van der Waals surface area contributed by atoms with Gasteiger partial charge in [0.25, 0.3) is 5.89 Å². The van der Waals surface area contributed by atoms with Crippen LogP contribution >= 0.6 is 15.9 Å². The minimum absolute atomic E-state index is 0.188. The van der Waals surface area contributed by atoms with E-state index in [9.17, 15) is 9.50 Å². The lowest BCUT2D eigenvalue weighted by atomic mass is 10.2. The van der Waals surface area contributed by atoms with Gasteiger partial charge in [-0.1, -0.05) is 28.0 Å². The summed E-state index contributed by atoms with van der Waals surface area (Å²) in [6, 6.07) is 4.29. The van der Waals surface area contributed by atoms with E-state index < -0.39 is 11.9 Å². The van der Waals surface area contributed by atoms with Gasteiger partial charge >= 0.3 is 0 Å². The first kappa shape index (κ1) is 12.2. The summed E-state index contributed by atoms with van der Waals surface area (Å²) in [5, 5.41) is 13.2. The molecule has 1 aromatic heterocycles. The maximum atomic E-state index is 13.2. The Morgan fingerprint density at radius 3 is 2.88 bits per heavy atom. The average Bonchev–Trinajstić information content (AvgIpc) is 2.76. The van der Waals surface area contributed by atoms with Crippen LogP contribution < -0.4 is 0 Å². The second-order valence-corrected chi connectivity index (χ2v) is 4.46. The topological polar surface area (TPSA) is 59.2 Å². The van der Waals surface area contributed by atoms with Gasteiger partial charge < -0.3 is 9.63 Å². The van der Waals surface area contributed by atoms with E-state index in [4.69, 9.17) is 4.52 Å². The number of hydrogen-bond donors (Lipinski definition) is 1. The van der Waals surface area contributed by atoms with Crippen molar-refractivity contribution < 1.29 is 14.0 Å². The van der Waals surface area contributed by atoms with Crippen LogP contribution in [0.1, 0.15) is 25.3 Å². The zero-order chi connectivity index (χ0) is 12.4. The van der Waals surface area contributed by atoms with Crippen molar-refractivity contribution in [1.82, 2.24) is 10.1 Å². The van der Waals surface area contributed by atoms with Crippen molar-refractivity contribution in [3.8, 4) is 11.5 Å². The van der Waals surface area contributed by atoms with Crippen LogP contribution in [0.25, 0.3) is 11.5 Å². The molecule has 4 nitrogen and oxygen atoms in total. The van der Waals surface area contributed by atoms with Gasteiger partial charge in [-0.25, -0.2) is 4.39 Å². The fraction of sp³-hybridized carbons (Fsp3) is 0.273. The van der Waals surface area contributed by atoms with Gasteiger partial charge in [0.1, 0.15) is 11.9 Å². The largest absolute Gasteiger partial charge is 0.385 e. The van der Waals surface area contributed by atoms with Crippen LogP contribution in [0.5, 0.6) is 0 Å². The SMILES string of the molecule is CCC(O)c1noc(-c2cc(F)cc(Br)c2)n1. The van der Waals surface area contributed by atoms with E-state index in [0.717, 1.165) is 0 Å². The fourth-order valence-corrected chi connectivity index (χ4v) is 1.81. The average molecular weight is 301 g/mol. The molecule has 2 aromatic rings. The molecule has 1 unspecified atom stereocenters. The minimum atomic E-state index is -0.760. The van der Waals surface area contributed by atoms with E-state index in [2.05, 4.69) is 26.1 Å². The van der Waals surface area contributed by atoms with Crippen molar-refractivity contribution in [2.45, 2.75) is 19.4 Å². The summed E-state index contributed by atoms with van der Waals surface area (Å²) >= 11 is 3.18. The molecule has 0 radical (unpaired) electrons. The second kappa shape index (κ2) is 4.93. The van der Waals surface area contributed by atoms with Crippen molar-refractivity contribution in [2.24, 2.45) is 0 Å². The van der Waals surface area contributed by atoms with E-state index in [-0.39, 0.29) is 11.7 Å². The molecule has 1 heterocycles. The molecule has 0 amide bonds. The Balaban J connectivity index is 2.36. The second-order valence-electron chi connectivity index (χ2n) is 3.54. The lowest BCUT2D eigenvalue weighted by Crippen LogP contribution is -1.97. The first-order valence-corrected chi connectivity index (χ1v) is 5.87. The van der Waals surface area contributed by atoms with Crippen LogP contribution in [-0.4, -0.2) is 15.2 Å². The highest BCUT2D eigenvalue weighted by atomic mass is 79.9. The number of benzene rings is 1. The Kier molecular flexibility index (Phi) is 3.54. The molecule has 1 N–H and O–H groups in total. The molecule has 1 atom stereocenters. The normalized spacial score (nSPS) is 12.7. The number of rotatable bonds is 3. The summed E-state index contributed by atoms with van der Waals surface area (Å²) in [5.41, 5.74) is 0.471. The van der Waals surface area contributed by atoms with Crippen LogP contribution in [0.3, 0.4) is 0 Å². The Hall–Kier alpha value is -1.27. The zero-order valence-electron chi connectivity index (χ0n) is 9.02. The predicted molar refractivity (Wildman–Crippen MR) is 62.6 cm³/mol. The van der Waals surface area contributed by atoms with Gasteiger partial charge in [0.2, 0.25) is 5.82 Å². The summed E-state index contributed by atoms with van der Waals surface area (Å²) in [7, 11) is 0. The predicted octanol–water partition coefficient (Wildman–Crippen LogP) is 3.08. The number of aromatic nitrogens is 2. The first-order valence-electron chi connectivity index (χ1n) is 5.08. The van der Waals surface area contributed by atoms with Gasteiger partial charge in [-0.15, -0.1) is 0 Å². The van der Waals surface area contributed by atoms with E-state index in [1.165, 1.54) is 12.1 Å². The zero-order valence-corrected chi connectivity index (χ0v) is 10.6. The van der Waals surface area contributed by atoms with Crippen LogP contribution in [0.4, 0.5) is 4.39 Å². The molecule has 0 aliphatic heterocycles. The molecule has 0 bridgehead atoms. The Morgan fingerprint density at radius 1 is 1.47 bits per heavy atom. The van der Waals surface area contributed by atoms with E-state index in [1.54, 1.807) is 13.0 Å². The molecule has 0 aliphatic rings. The first-order chi connectivity index (χ1) is 8.10. The molecule has 2 rings (SSSR count). The van der Waals surface area contributed by atoms with Crippen molar-refractivity contribution in [3.63, 3.8) is 0 Å². The quantitative estimate of drug-likeness (QED) is 0.946. The van der Waals surface area contributed by atoms with Crippen molar-refractivity contribution in [1.29, 1.82) is 0 Å². The van der Waals surface area contributed by atoms with Gasteiger partial charge in [-0.3, -0.25) is 0 Å². The third-order valence-corrected chi connectivity index (χ3v) is 2.69. The molecule has 0 aliphatic carbocycles. The number of aliphatic hydroxyl groups is 1. The third-order valence-electron chi connectivity index (χ3n) is 2.24. The molecule has 0 saturated heterocycles. The monoisotopic (exact) mass is 300 g/mol. The van der Waals surface area contributed by atoms with Crippen molar-refractivity contribution in [2.75, 3.05) is 0 Å². The molecule has 0 spiro atoms. The van der Waals surface area contributed by atoms with Gasteiger partial charge in [0, 0.05) is 10.0 Å². The summed E-state index contributed by atoms with van der Waals surface area (Å²) in [6.07, 6.45) is -0.268.